The van der Waals surface area contributed by atoms with Crippen molar-refractivity contribution in [2.45, 2.75) is 20.3 Å². The van der Waals surface area contributed by atoms with Gasteiger partial charge in [-0.15, -0.1) is 0 Å². The number of carbonyl (C=O) groups excluding carboxylic acids is 1. The molecule has 0 saturated carbocycles. The standard InChI is InChI=1S/C11H13N3O3/c1-3-8(2)12-13-11(15)9-5-4-6-10(7-9)14(16)17/h4-7H,3H2,1-2H3,(H,13,15)/b12-8+. The van der Waals surface area contributed by atoms with Crippen LogP contribution in [0.4, 0.5) is 5.69 Å². The van der Waals surface area contributed by atoms with Crippen molar-refractivity contribution in [1.29, 1.82) is 0 Å². The van der Waals surface area contributed by atoms with E-state index >= 15 is 0 Å². The molecule has 0 spiro atoms. The van der Waals surface area contributed by atoms with Crippen LogP contribution in [0.5, 0.6) is 0 Å². The molecule has 1 rings (SSSR count). The van der Waals surface area contributed by atoms with Gasteiger partial charge in [0.2, 0.25) is 0 Å². The van der Waals surface area contributed by atoms with Gasteiger partial charge in [-0.3, -0.25) is 14.9 Å². The first-order chi connectivity index (χ1) is 8.04. The monoisotopic (exact) mass is 235 g/mol. The van der Waals surface area contributed by atoms with Gasteiger partial charge in [-0.25, -0.2) is 5.43 Å². The summed E-state index contributed by atoms with van der Waals surface area (Å²) in [6, 6.07) is 5.51. The Bertz CT molecular complexity index is 469. The number of hydrogen-bond acceptors (Lipinski definition) is 4. The van der Waals surface area contributed by atoms with Crippen molar-refractivity contribution in [2.24, 2.45) is 5.10 Å². The van der Waals surface area contributed by atoms with E-state index in [1.807, 2.05) is 6.92 Å². The third-order valence-corrected chi connectivity index (χ3v) is 2.18. The summed E-state index contributed by atoms with van der Waals surface area (Å²) in [6.07, 6.45) is 0.731. The van der Waals surface area contributed by atoms with Gasteiger partial charge in [0.1, 0.15) is 0 Å². The molecule has 0 aliphatic rings. The number of carbonyl (C=O) groups is 1. The molecule has 0 bridgehead atoms. The minimum Gasteiger partial charge on any atom is -0.267 e. The fourth-order valence-corrected chi connectivity index (χ4v) is 1.05. The highest BCUT2D eigenvalue weighted by molar-refractivity contribution is 5.95. The van der Waals surface area contributed by atoms with Crippen LogP contribution in [0.3, 0.4) is 0 Å². The highest BCUT2D eigenvalue weighted by Crippen LogP contribution is 2.12. The maximum Gasteiger partial charge on any atom is 0.271 e. The quantitative estimate of drug-likeness (QED) is 0.492. The Hall–Kier alpha value is -2.24. The second-order valence-electron chi connectivity index (χ2n) is 3.45. The molecule has 0 aromatic heterocycles. The largest absolute Gasteiger partial charge is 0.271 e. The van der Waals surface area contributed by atoms with Gasteiger partial charge >= 0.3 is 0 Å². The Balaban J connectivity index is 2.82. The van der Waals surface area contributed by atoms with Gasteiger partial charge in [0.25, 0.3) is 11.6 Å². The molecule has 0 fully saturated rings. The molecule has 0 radical (unpaired) electrons. The summed E-state index contributed by atoms with van der Waals surface area (Å²) in [4.78, 5) is 21.6. The molecule has 17 heavy (non-hydrogen) atoms. The molecule has 6 heteroatoms. The molecule has 0 saturated heterocycles. The van der Waals surface area contributed by atoms with Crippen molar-refractivity contribution in [1.82, 2.24) is 5.43 Å². The zero-order valence-electron chi connectivity index (χ0n) is 9.64. The van der Waals surface area contributed by atoms with E-state index < -0.39 is 10.8 Å². The molecular formula is C11H13N3O3. The summed E-state index contributed by atoms with van der Waals surface area (Å²) in [5.74, 6) is -0.457. The molecule has 1 aromatic rings. The van der Waals surface area contributed by atoms with Crippen molar-refractivity contribution < 1.29 is 9.72 Å². The second-order valence-corrected chi connectivity index (χ2v) is 3.45. The lowest BCUT2D eigenvalue weighted by atomic mass is 10.2. The van der Waals surface area contributed by atoms with Gasteiger partial charge < -0.3 is 0 Å². The van der Waals surface area contributed by atoms with Gasteiger partial charge in [0.05, 0.1) is 4.92 Å². The number of nitrogens with one attached hydrogen (secondary N) is 1. The van der Waals surface area contributed by atoms with E-state index in [1.165, 1.54) is 24.3 Å². The van der Waals surface area contributed by atoms with Crippen molar-refractivity contribution in [3.63, 3.8) is 0 Å². The number of rotatable bonds is 4. The number of non-ortho nitro benzene ring substituents is 1. The van der Waals surface area contributed by atoms with E-state index in [0.717, 1.165) is 12.1 Å². The highest BCUT2D eigenvalue weighted by Gasteiger charge is 2.10. The van der Waals surface area contributed by atoms with Crippen molar-refractivity contribution in [3.8, 4) is 0 Å². The van der Waals surface area contributed by atoms with Gasteiger partial charge in [-0.1, -0.05) is 13.0 Å². The van der Waals surface area contributed by atoms with Crippen LogP contribution >= 0.6 is 0 Å². The Morgan fingerprint density at radius 3 is 2.82 bits per heavy atom. The molecule has 1 N–H and O–H groups in total. The second kappa shape index (κ2) is 5.74. The summed E-state index contributed by atoms with van der Waals surface area (Å²) >= 11 is 0. The average molecular weight is 235 g/mol. The number of nitrogens with zero attached hydrogens (tertiary/aromatic N) is 2. The van der Waals surface area contributed by atoms with Gasteiger partial charge in [0, 0.05) is 23.4 Å². The van der Waals surface area contributed by atoms with E-state index in [1.54, 1.807) is 6.92 Å². The molecule has 1 aromatic carbocycles. The lowest BCUT2D eigenvalue weighted by Crippen LogP contribution is -2.18. The maximum atomic E-state index is 11.6. The Labute approximate surface area is 98.5 Å². The highest BCUT2D eigenvalue weighted by atomic mass is 16.6. The molecule has 0 heterocycles. The number of nitro groups is 1. The van der Waals surface area contributed by atoms with Crippen LogP contribution in [0.2, 0.25) is 0 Å². The van der Waals surface area contributed by atoms with Crippen LogP contribution in [0.15, 0.2) is 29.4 Å². The lowest BCUT2D eigenvalue weighted by molar-refractivity contribution is -0.384. The van der Waals surface area contributed by atoms with E-state index in [2.05, 4.69) is 10.5 Å². The number of amides is 1. The normalized spacial score (nSPS) is 11.1. The van der Waals surface area contributed by atoms with Crippen LogP contribution in [0, 0.1) is 10.1 Å². The number of hydrogen-bond donors (Lipinski definition) is 1. The molecule has 0 unspecified atom stereocenters. The third-order valence-electron chi connectivity index (χ3n) is 2.18. The SMILES string of the molecule is CC/C(C)=N/NC(=O)c1cccc([N+](=O)[O-])c1. The fraction of sp³-hybridized carbons (Fsp3) is 0.273. The van der Waals surface area contributed by atoms with Crippen molar-refractivity contribution in [3.05, 3.63) is 39.9 Å². The lowest BCUT2D eigenvalue weighted by Gasteiger charge is -2.01. The predicted octanol–water partition coefficient (Wildman–Crippen LogP) is 2.11. The Kier molecular flexibility index (Phi) is 4.33. The molecule has 0 atom stereocenters. The molecule has 0 aliphatic carbocycles. The summed E-state index contributed by atoms with van der Waals surface area (Å²) < 4.78 is 0. The molecule has 0 aliphatic heterocycles. The van der Waals surface area contributed by atoms with Gasteiger partial charge in [0.15, 0.2) is 0 Å². The first kappa shape index (κ1) is 12.8. The molecule has 6 nitrogen and oxygen atoms in total. The number of benzene rings is 1. The minimum atomic E-state index is -0.544. The van der Waals surface area contributed by atoms with E-state index in [4.69, 9.17) is 0 Å². The van der Waals surface area contributed by atoms with Crippen LogP contribution in [-0.4, -0.2) is 16.5 Å². The van der Waals surface area contributed by atoms with E-state index in [0.29, 0.717) is 0 Å². The van der Waals surface area contributed by atoms with Gasteiger partial charge in [-0.05, 0) is 19.4 Å². The predicted molar refractivity (Wildman–Crippen MR) is 64.0 cm³/mol. The van der Waals surface area contributed by atoms with Crippen LogP contribution < -0.4 is 5.43 Å². The van der Waals surface area contributed by atoms with Crippen LogP contribution in [-0.2, 0) is 0 Å². The zero-order valence-corrected chi connectivity index (χ0v) is 9.64. The topological polar surface area (TPSA) is 84.6 Å². The number of hydrazone groups is 1. The first-order valence-electron chi connectivity index (χ1n) is 5.12. The fourth-order valence-electron chi connectivity index (χ4n) is 1.05. The van der Waals surface area contributed by atoms with Gasteiger partial charge in [-0.2, -0.15) is 5.10 Å². The van der Waals surface area contributed by atoms with E-state index in [9.17, 15) is 14.9 Å². The van der Waals surface area contributed by atoms with Crippen LogP contribution in [0.1, 0.15) is 30.6 Å². The van der Waals surface area contributed by atoms with E-state index in [-0.39, 0.29) is 11.3 Å². The minimum absolute atomic E-state index is 0.117. The molecular weight excluding hydrogens is 222 g/mol. The Morgan fingerprint density at radius 1 is 1.53 bits per heavy atom. The maximum absolute atomic E-state index is 11.6. The van der Waals surface area contributed by atoms with Crippen molar-refractivity contribution >= 4 is 17.3 Å². The summed E-state index contributed by atoms with van der Waals surface area (Å²) in [5.41, 5.74) is 3.22. The zero-order chi connectivity index (χ0) is 12.8. The third kappa shape index (κ3) is 3.67. The summed E-state index contributed by atoms with van der Waals surface area (Å²) in [5, 5.41) is 14.4. The van der Waals surface area contributed by atoms with Crippen molar-refractivity contribution in [2.75, 3.05) is 0 Å². The Morgan fingerprint density at radius 2 is 2.24 bits per heavy atom. The summed E-state index contributed by atoms with van der Waals surface area (Å²) in [6.45, 7) is 3.70. The number of nitro benzene ring substituents is 1. The molecule has 1 amide bonds. The average Bonchev–Trinajstić information content (AvgIpc) is 2.35. The molecule has 90 valence electrons. The first-order valence-corrected chi connectivity index (χ1v) is 5.12. The smallest absolute Gasteiger partial charge is 0.267 e. The van der Waals surface area contributed by atoms with Crippen LogP contribution in [0.25, 0.3) is 0 Å². The summed E-state index contributed by atoms with van der Waals surface area (Å²) in [7, 11) is 0.